The quantitative estimate of drug-likeness (QED) is 0.498. The molecular weight excluding hydrogens is 228 g/mol. The lowest BCUT2D eigenvalue weighted by atomic mass is 10.2. The molecule has 0 bridgehead atoms. The van der Waals surface area contributed by atoms with Crippen molar-refractivity contribution in [1.82, 2.24) is 5.32 Å². The van der Waals surface area contributed by atoms with Crippen LogP contribution in [0.25, 0.3) is 0 Å². The van der Waals surface area contributed by atoms with Crippen molar-refractivity contribution >= 4 is 17.3 Å². The maximum atomic E-state index is 10.5. The van der Waals surface area contributed by atoms with Crippen LogP contribution in [-0.2, 0) is 6.54 Å². The van der Waals surface area contributed by atoms with E-state index in [0.29, 0.717) is 11.6 Å². The summed E-state index contributed by atoms with van der Waals surface area (Å²) in [5.41, 5.74) is 0.771. The molecule has 1 atom stereocenters. The second-order valence-corrected chi connectivity index (χ2v) is 3.71. The topological polar surface area (TPSA) is 55.2 Å². The molecule has 0 amide bonds. The molecule has 1 aromatic carbocycles. The first-order valence-electron chi connectivity index (χ1n) is 4.67. The van der Waals surface area contributed by atoms with Crippen molar-refractivity contribution in [1.29, 1.82) is 0 Å². The third-order valence-corrected chi connectivity index (χ3v) is 2.45. The van der Waals surface area contributed by atoms with Gasteiger partial charge in [0.15, 0.2) is 0 Å². The Morgan fingerprint density at radius 2 is 2.38 bits per heavy atom. The Morgan fingerprint density at radius 3 is 2.88 bits per heavy atom. The van der Waals surface area contributed by atoms with Gasteiger partial charge in [0.05, 0.1) is 16.0 Å². The molecule has 0 fully saturated rings. The van der Waals surface area contributed by atoms with Gasteiger partial charge in [0, 0.05) is 18.7 Å². The zero-order valence-electron chi connectivity index (χ0n) is 8.74. The maximum absolute atomic E-state index is 10.5. The monoisotopic (exact) mass is 238 g/mol. The maximum Gasteiger partial charge on any atom is 0.270 e. The number of hydrogen-bond donors (Lipinski definition) is 1. The third kappa shape index (κ3) is 3.23. The molecule has 1 aromatic rings. The van der Waals surface area contributed by atoms with E-state index in [-0.39, 0.29) is 11.7 Å². The van der Waals surface area contributed by atoms with Crippen molar-refractivity contribution in [3.8, 4) is 12.3 Å². The predicted molar refractivity (Wildman–Crippen MR) is 63.2 cm³/mol. The smallest absolute Gasteiger partial charge is 0.270 e. The van der Waals surface area contributed by atoms with Gasteiger partial charge in [-0.2, -0.15) is 0 Å². The van der Waals surface area contributed by atoms with Crippen molar-refractivity contribution in [2.45, 2.75) is 19.5 Å². The predicted octanol–water partition coefficient (Wildman–Crippen LogP) is 2.36. The van der Waals surface area contributed by atoms with Crippen molar-refractivity contribution in [2.75, 3.05) is 0 Å². The van der Waals surface area contributed by atoms with Crippen molar-refractivity contribution in [3.63, 3.8) is 0 Å². The van der Waals surface area contributed by atoms with E-state index in [1.54, 1.807) is 6.07 Å². The van der Waals surface area contributed by atoms with E-state index in [0.717, 1.165) is 5.56 Å². The lowest BCUT2D eigenvalue weighted by Gasteiger charge is -2.08. The largest absolute Gasteiger partial charge is 0.300 e. The van der Waals surface area contributed by atoms with Gasteiger partial charge in [0.2, 0.25) is 0 Å². The highest BCUT2D eigenvalue weighted by molar-refractivity contribution is 6.31. The highest BCUT2D eigenvalue weighted by Crippen LogP contribution is 2.22. The number of nitro benzene ring substituents is 1. The molecule has 0 aliphatic rings. The van der Waals surface area contributed by atoms with Gasteiger partial charge in [0.1, 0.15) is 0 Å². The van der Waals surface area contributed by atoms with Crippen LogP contribution in [0.3, 0.4) is 0 Å². The van der Waals surface area contributed by atoms with Crippen LogP contribution < -0.4 is 5.32 Å². The van der Waals surface area contributed by atoms with Gasteiger partial charge in [-0.1, -0.05) is 17.5 Å². The van der Waals surface area contributed by atoms with Crippen LogP contribution >= 0.6 is 11.6 Å². The number of nitro groups is 1. The Bertz CT molecular complexity index is 440. The lowest BCUT2D eigenvalue weighted by Crippen LogP contribution is -2.23. The molecular formula is C11H11ClN2O2. The number of terminal acetylenes is 1. The second-order valence-electron chi connectivity index (χ2n) is 3.30. The summed E-state index contributed by atoms with van der Waals surface area (Å²) in [6.07, 6.45) is 5.20. The van der Waals surface area contributed by atoms with Crippen LogP contribution in [0.5, 0.6) is 0 Å². The summed E-state index contributed by atoms with van der Waals surface area (Å²) in [6.45, 7) is 2.33. The highest BCUT2D eigenvalue weighted by atomic mass is 35.5. The van der Waals surface area contributed by atoms with Crippen LogP contribution in [0.2, 0.25) is 5.02 Å². The van der Waals surface area contributed by atoms with E-state index < -0.39 is 4.92 Å². The van der Waals surface area contributed by atoms with E-state index in [9.17, 15) is 10.1 Å². The van der Waals surface area contributed by atoms with E-state index in [2.05, 4.69) is 11.2 Å². The summed E-state index contributed by atoms with van der Waals surface area (Å²) in [6, 6.07) is 4.31. The molecule has 1 rings (SSSR count). The van der Waals surface area contributed by atoms with Gasteiger partial charge in [-0.05, 0) is 18.6 Å². The fourth-order valence-corrected chi connectivity index (χ4v) is 1.36. The van der Waals surface area contributed by atoms with Crippen LogP contribution in [0.1, 0.15) is 12.5 Å². The lowest BCUT2D eigenvalue weighted by molar-refractivity contribution is -0.384. The molecule has 0 saturated carbocycles. The summed E-state index contributed by atoms with van der Waals surface area (Å²) in [5, 5.41) is 13.9. The molecule has 0 aliphatic carbocycles. The average molecular weight is 239 g/mol. The van der Waals surface area contributed by atoms with Crippen molar-refractivity contribution in [2.24, 2.45) is 0 Å². The Kier molecular flexibility index (Phi) is 4.29. The molecule has 0 spiro atoms. The number of nitrogens with zero attached hydrogens (tertiary/aromatic N) is 1. The minimum Gasteiger partial charge on any atom is -0.300 e. The number of rotatable bonds is 4. The van der Waals surface area contributed by atoms with E-state index in [1.165, 1.54) is 12.1 Å². The molecule has 5 heteroatoms. The van der Waals surface area contributed by atoms with Gasteiger partial charge in [-0.15, -0.1) is 6.42 Å². The minimum absolute atomic E-state index is 0.0150. The van der Waals surface area contributed by atoms with Gasteiger partial charge in [-0.3, -0.25) is 15.4 Å². The Labute approximate surface area is 98.8 Å². The number of non-ortho nitro benzene ring substituents is 1. The van der Waals surface area contributed by atoms with Crippen LogP contribution in [0.4, 0.5) is 5.69 Å². The van der Waals surface area contributed by atoms with Crippen LogP contribution in [-0.4, -0.2) is 11.0 Å². The van der Waals surface area contributed by atoms with Crippen LogP contribution in [0, 0.1) is 22.5 Å². The number of hydrogen-bond acceptors (Lipinski definition) is 3. The normalized spacial score (nSPS) is 11.8. The first-order chi connectivity index (χ1) is 7.54. The zero-order valence-corrected chi connectivity index (χ0v) is 9.49. The molecule has 0 heterocycles. The summed E-state index contributed by atoms with van der Waals surface area (Å²) in [4.78, 5) is 10.0. The molecule has 0 saturated heterocycles. The Hall–Kier alpha value is -1.57. The minimum atomic E-state index is -0.479. The number of halogens is 1. The zero-order chi connectivity index (χ0) is 12.1. The van der Waals surface area contributed by atoms with Gasteiger partial charge in [-0.25, -0.2) is 0 Å². The molecule has 0 radical (unpaired) electrons. The highest BCUT2D eigenvalue weighted by Gasteiger charge is 2.09. The van der Waals surface area contributed by atoms with E-state index >= 15 is 0 Å². The van der Waals surface area contributed by atoms with Crippen LogP contribution in [0.15, 0.2) is 18.2 Å². The third-order valence-electron chi connectivity index (χ3n) is 2.10. The molecule has 0 aliphatic heterocycles. The standard InChI is InChI=1S/C11H11ClN2O2/c1-3-8(2)13-7-9-4-5-10(14(15)16)6-11(9)12/h1,4-6,8,13H,7H2,2H3. The van der Waals surface area contributed by atoms with Gasteiger partial charge < -0.3 is 0 Å². The van der Waals surface area contributed by atoms with Crippen molar-refractivity contribution < 1.29 is 4.92 Å². The average Bonchev–Trinajstić information content (AvgIpc) is 2.26. The first kappa shape index (κ1) is 12.5. The first-order valence-corrected chi connectivity index (χ1v) is 5.04. The summed E-state index contributed by atoms with van der Waals surface area (Å²) < 4.78 is 0. The van der Waals surface area contributed by atoms with E-state index in [1.807, 2.05) is 6.92 Å². The van der Waals surface area contributed by atoms with E-state index in [4.69, 9.17) is 18.0 Å². The molecule has 0 aromatic heterocycles. The van der Waals surface area contributed by atoms with Crippen molar-refractivity contribution in [3.05, 3.63) is 38.9 Å². The fraction of sp³-hybridized carbons (Fsp3) is 0.273. The number of benzene rings is 1. The Morgan fingerprint density at radius 1 is 1.69 bits per heavy atom. The summed E-state index contributed by atoms with van der Waals surface area (Å²) >= 11 is 5.90. The Balaban J connectivity index is 2.76. The number of nitrogens with one attached hydrogen (secondary N) is 1. The molecule has 1 unspecified atom stereocenters. The fourth-order valence-electron chi connectivity index (χ4n) is 1.12. The second kappa shape index (κ2) is 5.50. The molecule has 1 N–H and O–H groups in total. The molecule has 84 valence electrons. The summed E-state index contributed by atoms with van der Waals surface area (Å²) in [7, 11) is 0. The van der Waals surface area contributed by atoms with Gasteiger partial charge >= 0.3 is 0 Å². The molecule has 16 heavy (non-hydrogen) atoms. The summed E-state index contributed by atoms with van der Waals surface area (Å²) in [5.74, 6) is 2.52. The SMILES string of the molecule is C#CC(C)NCc1ccc([N+](=O)[O-])cc1Cl. The molecule has 4 nitrogen and oxygen atoms in total. The van der Waals surface area contributed by atoms with Gasteiger partial charge in [0.25, 0.3) is 5.69 Å².